The van der Waals surface area contributed by atoms with E-state index in [0.717, 1.165) is 38.5 Å². The van der Waals surface area contributed by atoms with Gasteiger partial charge in [0.15, 0.2) is 6.61 Å². The molecule has 128 valence electrons. The molecular formula is C17H24ClNO4. The molecule has 0 unspecified atom stereocenters. The number of hydrogen-bond acceptors (Lipinski definition) is 5. The van der Waals surface area contributed by atoms with Crippen molar-refractivity contribution in [2.45, 2.75) is 63.9 Å². The molecule has 2 aliphatic rings. The van der Waals surface area contributed by atoms with Crippen molar-refractivity contribution < 1.29 is 19.5 Å². The van der Waals surface area contributed by atoms with Crippen LogP contribution in [-0.4, -0.2) is 29.0 Å². The van der Waals surface area contributed by atoms with Crippen molar-refractivity contribution in [2.75, 3.05) is 6.61 Å². The number of halogens is 1. The maximum absolute atomic E-state index is 12.5. The number of carbonyl (C=O) groups is 1. The Morgan fingerprint density at radius 2 is 2.13 bits per heavy atom. The van der Waals surface area contributed by atoms with E-state index in [1.165, 1.54) is 0 Å². The van der Waals surface area contributed by atoms with Crippen LogP contribution in [0.15, 0.2) is 28.1 Å². The monoisotopic (exact) mass is 341 g/mol. The summed E-state index contributed by atoms with van der Waals surface area (Å²) in [7, 11) is 0. The normalized spacial score (nSPS) is 21.3. The van der Waals surface area contributed by atoms with Gasteiger partial charge in [-0.3, -0.25) is 0 Å². The fraction of sp³-hybridized carbons (Fsp3) is 0.647. The van der Waals surface area contributed by atoms with Crippen LogP contribution < -0.4 is 0 Å². The summed E-state index contributed by atoms with van der Waals surface area (Å²) in [5.74, 6) is -0.445. The minimum absolute atomic E-state index is 0.0573. The number of aliphatic hydroxyl groups is 1. The Balaban J connectivity index is 2.21. The number of ether oxygens (including phenoxy) is 1. The summed E-state index contributed by atoms with van der Waals surface area (Å²) in [6.07, 6.45) is 6.43. The minimum Gasteiger partial charge on any atom is -0.511 e. The molecule has 1 aliphatic carbocycles. The molecule has 1 spiro atoms. The maximum atomic E-state index is 12.5. The van der Waals surface area contributed by atoms with Crippen LogP contribution in [0.3, 0.4) is 0 Å². The average molecular weight is 342 g/mol. The Bertz CT molecular complexity index is 533. The number of carbonyl (C=O) groups excluding carboxylic acids is 1. The van der Waals surface area contributed by atoms with Crippen LogP contribution in [0.2, 0.25) is 0 Å². The Kier molecular flexibility index (Phi) is 6.10. The van der Waals surface area contributed by atoms with Gasteiger partial charge in [-0.05, 0) is 32.1 Å². The molecule has 1 aliphatic heterocycles. The molecule has 0 saturated heterocycles. The first-order valence-electron chi connectivity index (χ1n) is 8.15. The average Bonchev–Trinajstić information content (AvgIpc) is 2.46. The molecule has 5 nitrogen and oxygen atoms in total. The van der Waals surface area contributed by atoms with Gasteiger partial charge in [0.25, 0.3) is 0 Å². The van der Waals surface area contributed by atoms with Gasteiger partial charge in [0.2, 0.25) is 0 Å². The van der Waals surface area contributed by atoms with Crippen LogP contribution in [0.25, 0.3) is 0 Å². The van der Waals surface area contributed by atoms with E-state index in [0.29, 0.717) is 23.6 Å². The summed E-state index contributed by atoms with van der Waals surface area (Å²) in [5.41, 5.74) is 0.00715. The highest BCUT2D eigenvalue weighted by atomic mass is 35.5. The molecule has 1 fully saturated rings. The summed E-state index contributed by atoms with van der Waals surface area (Å²) in [4.78, 5) is 17.6. The molecule has 0 atom stereocenters. The quantitative estimate of drug-likeness (QED) is 0.442. The second kappa shape index (κ2) is 7.86. The van der Waals surface area contributed by atoms with E-state index in [1.807, 2.05) is 6.92 Å². The topological polar surface area (TPSA) is 68.1 Å². The van der Waals surface area contributed by atoms with E-state index in [2.05, 4.69) is 11.7 Å². The van der Waals surface area contributed by atoms with Crippen LogP contribution in [-0.2, 0) is 14.4 Å². The zero-order valence-corrected chi connectivity index (χ0v) is 14.3. The number of rotatable bonds is 6. The molecule has 1 saturated carbocycles. The molecule has 0 bridgehead atoms. The van der Waals surface area contributed by atoms with Crippen molar-refractivity contribution in [2.24, 2.45) is 5.16 Å². The predicted octanol–water partition coefficient (Wildman–Crippen LogP) is 4.37. The summed E-state index contributed by atoms with van der Waals surface area (Å²) in [5, 5.41) is 14.7. The lowest BCUT2D eigenvalue weighted by atomic mass is 9.79. The molecule has 0 radical (unpaired) electrons. The number of oxime groups is 1. The van der Waals surface area contributed by atoms with Crippen molar-refractivity contribution in [3.63, 3.8) is 0 Å². The number of nitrogens with zero attached hydrogens (tertiary/aromatic N) is 1. The molecule has 6 heteroatoms. The fourth-order valence-electron chi connectivity index (χ4n) is 3.19. The van der Waals surface area contributed by atoms with Crippen LogP contribution in [0, 0.1) is 0 Å². The third-order valence-corrected chi connectivity index (χ3v) is 4.34. The summed E-state index contributed by atoms with van der Waals surface area (Å²) in [6, 6.07) is 0. The van der Waals surface area contributed by atoms with Crippen LogP contribution in [0.4, 0.5) is 0 Å². The summed E-state index contributed by atoms with van der Waals surface area (Å²) in [6.45, 7) is 5.54. The van der Waals surface area contributed by atoms with Crippen molar-refractivity contribution in [1.29, 1.82) is 0 Å². The van der Waals surface area contributed by atoms with Gasteiger partial charge in [-0.2, -0.15) is 0 Å². The van der Waals surface area contributed by atoms with E-state index >= 15 is 0 Å². The summed E-state index contributed by atoms with van der Waals surface area (Å²) >= 11 is 5.64. The molecule has 1 heterocycles. The van der Waals surface area contributed by atoms with Crippen molar-refractivity contribution in [1.82, 2.24) is 0 Å². The van der Waals surface area contributed by atoms with E-state index in [9.17, 15) is 9.90 Å². The number of aliphatic hydroxyl groups excluding tert-OH is 1. The number of esters is 1. The fourth-order valence-corrected chi connectivity index (χ4v) is 3.24. The van der Waals surface area contributed by atoms with Crippen LogP contribution in [0.1, 0.15) is 58.3 Å². The van der Waals surface area contributed by atoms with Crippen molar-refractivity contribution >= 4 is 23.3 Å². The first kappa shape index (κ1) is 17.9. The highest BCUT2D eigenvalue weighted by molar-refractivity contribution is 6.29. The lowest BCUT2D eigenvalue weighted by molar-refractivity contribution is -0.161. The van der Waals surface area contributed by atoms with Gasteiger partial charge < -0.3 is 14.7 Å². The molecule has 1 N–H and O–H groups in total. The van der Waals surface area contributed by atoms with E-state index in [1.54, 1.807) is 0 Å². The van der Waals surface area contributed by atoms with E-state index in [4.69, 9.17) is 21.2 Å². The van der Waals surface area contributed by atoms with Gasteiger partial charge in [0.1, 0.15) is 16.9 Å². The van der Waals surface area contributed by atoms with Gasteiger partial charge in [-0.1, -0.05) is 43.1 Å². The van der Waals surface area contributed by atoms with Crippen LogP contribution in [0.5, 0.6) is 0 Å². The predicted molar refractivity (Wildman–Crippen MR) is 89.5 cm³/mol. The van der Waals surface area contributed by atoms with Gasteiger partial charge >= 0.3 is 5.97 Å². The molecule has 23 heavy (non-hydrogen) atoms. The standard InChI is InChI=1S/C17H24ClNO4/c1-3-7-13(19-22-11-12(2)18)15-14(20)10-17(23-16(15)21)8-5-4-6-9-17/h20H,2-11H2,1H3. The van der Waals surface area contributed by atoms with Crippen molar-refractivity contribution in [3.8, 4) is 0 Å². The Hall–Kier alpha value is -1.49. The lowest BCUT2D eigenvalue weighted by Crippen LogP contribution is -2.43. The van der Waals surface area contributed by atoms with Gasteiger partial charge in [-0.25, -0.2) is 4.79 Å². The van der Waals surface area contributed by atoms with E-state index < -0.39 is 11.6 Å². The van der Waals surface area contributed by atoms with E-state index in [-0.39, 0.29) is 17.9 Å². The lowest BCUT2D eigenvalue weighted by Gasteiger charge is -2.39. The third-order valence-electron chi connectivity index (χ3n) is 4.23. The SMILES string of the molecule is C=C(Cl)CON=C(CCC)C1=C(O)CC2(CCCCC2)OC1=O. The Morgan fingerprint density at radius 1 is 1.43 bits per heavy atom. The zero-order chi connectivity index (χ0) is 16.9. The zero-order valence-electron chi connectivity index (χ0n) is 13.6. The first-order chi connectivity index (χ1) is 11.0. The van der Waals surface area contributed by atoms with Crippen LogP contribution >= 0.6 is 11.6 Å². The minimum atomic E-state index is -0.536. The largest absolute Gasteiger partial charge is 0.511 e. The molecule has 0 aromatic rings. The van der Waals surface area contributed by atoms with Gasteiger partial charge in [-0.15, -0.1) is 0 Å². The smallest absolute Gasteiger partial charge is 0.344 e. The first-order valence-corrected chi connectivity index (χ1v) is 8.53. The second-order valence-corrected chi connectivity index (χ2v) is 6.74. The highest BCUT2D eigenvalue weighted by Gasteiger charge is 2.43. The maximum Gasteiger partial charge on any atom is 0.344 e. The molecule has 0 aromatic carbocycles. The van der Waals surface area contributed by atoms with Gasteiger partial charge in [0, 0.05) is 6.42 Å². The molecule has 2 rings (SSSR count). The highest BCUT2D eigenvalue weighted by Crippen LogP contribution is 2.40. The number of hydrogen-bond donors (Lipinski definition) is 1. The Morgan fingerprint density at radius 3 is 2.70 bits per heavy atom. The third kappa shape index (κ3) is 4.50. The van der Waals surface area contributed by atoms with Gasteiger partial charge in [0.05, 0.1) is 10.7 Å². The summed E-state index contributed by atoms with van der Waals surface area (Å²) < 4.78 is 5.72. The second-order valence-electron chi connectivity index (χ2n) is 6.21. The Labute approximate surface area is 142 Å². The van der Waals surface area contributed by atoms with Crippen molar-refractivity contribution in [3.05, 3.63) is 22.9 Å². The molecule has 0 amide bonds. The molecule has 0 aromatic heterocycles. The molecular weight excluding hydrogens is 318 g/mol.